The first-order valence-corrected chi connectivity index (χ1v) is 8.80. The molecule has 5 nitrogen and oxygen atoms in total. The minimum absolute atomic E-state index is 0.619. The van der Waals surface area contributed by atoms with Crippen molar-refractivity contribution in [3.05, 3.63) is 76.4 Å². The van der Waals surface area contributed by atoms with Crippen molar-refractivity contribution >= 4 is 39.0 Å². The number of imidazole rings is 1. The molecule has 0 amide bonds. The fourth-order valence-corrected chi connectivity index (χ4v) is 3.26. The van der Waals surface area contributed by atoms with Crippen LogP contribution in [0.2, 0.25) is 5.02 Å². The number of rotatable bonds is 4. The molecule has 0 radical (unpaired) electrons. The second-order valence-corrected chi connectivity index (χ2v) is 6.75. The molecule has 1 N–H and O–H groups in total. The number of anilines is 1. The highest BCUT2D eigenvalue weighted by Crippen LogP contribution is 2.33. The van der Waals surface area contributed by atoms with Gasteiger partial charge in [-0.2, -0.15) is 0 Å². The van der Waals surface area contributed by atoms with Crippen molar-refractivity contribution in [2.24, 2.45) is 0 Å². The number of hydrogen-bond donors (Lipinski definition) is 1. The average Bonchev–Trinajstić information content (AvgIpc) is 2.99. The SMILES string of the molecule is Clc1cccc(CNc2c(-c3cnccc3Br)nc3ccncn23)c1. The number of hydrogen-bond acceptors (Lipinski definition) is 4. The van der Waals surface area contributed by atoms with E-state index in [-0.39, 0.29) is 0 Å². The van der Waals surface area contributed by atoms with Gasteiger partial charge in [-0.05, 0) is 45.8 Å². The molecule has 0 aliphatic heterocycles. The summed E-state index contributed by atoms with van der Waals surface area (Å²) in [7, 11) is 0. The number of aromatic nitrogens is 4. The molecule has 3 heterocycles. The van der Waals surface area contributed by atoms with E-state index in [0.29, 0.717) is 11.6 Å². The van der Waals surface area contributed by atoms with Crippen molar-refractivity contribution in [1.82, 2.24) is 19.4 Å². The zero-order chi connectivity index (χ0) is 17.2. The fourth-order valence-electron chi connectivity index (χ4n) is 2.64. The number of nitrogens with zero attached hydrogens (tertiary/aromatic N) is 4. The summed E-state index contributed by atoms with van der Waals surface area (Å²) in [6.07, 6.45) is 7.01. The average molecular weight is 415 g/mol. The van der Waals surface area contributed by atoms with Crippen molar-refractivity contribution in [3.8, 4) is 11.3 Å². The Balaban J connectivity index is 1.78. The van der Waals surface area contributed by atoms with Crippen LogP contribution in [-0.2, 0) is 6.54 Å². The first kappa shape index (κ1) is 16.1. The minimum Gasteiger partial charge on any atom is -0.365 e. The lowest BCUT2D eigenvalue weighted by atomic mass is 10.2. The van der Waals surface area contributed by atoms with Crippen LogP contribution in [0.1, 0.15) is 5.56 Å². The Bertz CT molecular complexity index is 1050. The maximum absolute atomic E-state index is 6.08. The van der Waals surface area contributed by atoms with Crippen LogP contribution in [0.3, 0.4) is 0 Å². The summed E-state index contributed by atoms with van der Waals surface area (Å²) in [5.41, 5.74) is 3.63. The largest absolute Gasteiger partial charge is 0.365 e. The fraction of sp³-hybridized carbons (Fsp3) is 0.0556. The zero-order valence-corrected chi connectivity index (χ0v) is 15.4. The summed E-state index contributed by atoms with van der Waals surface area (Å²) in [4.78, 5) is 13.2. The molecule has 0 saturated heterocycles. The van der Waals surface area contributed by atoms with Crippen LogP contribution in [0.4, 0.5) is 5.82 Å². The van der Waals surface area contributed by atoms with E-state index in [9.17, 15) is 0 Å². The van der Waals surface area contributed by atoms with Crippen molar-refractivity contribution in [1.29, 1.82) is 0 Å². The lowest BCUT2D eigenvalue weighted by molar-refractivity contribution is 1.04. The highest BCUT2D eigenvalue weighted by molar-refractivity contribution is 9.10. The first-order valence-electron chi connectivity index (χ1n) is 7.62. The van der Waals surface area contributed by atoms with Crippen LogP contribution >= 0.6 is 27.5 Å². The Hall–Kier alpha value is -2.44. The van der Waals surface area contributed by atoms with Gasteiger partial charge >= 0.3 is 0 Å². The molecule has 0 fully saturated rings. The van der Waals surface area contributed by atoms with Crippen LogP contribution in [-0.4, -0.2) is 19.4 Å². The predicted molar refractivity (Wildman–Crippen MR) is 103 cm³/mol. The highest BCUT2D eigenvalue weighted by Gasteiger charge is 2.16. The molecule has 0 unspecified atom stereocenters. The predicted octanol–water partition coefficient (Wildman–Crippen LogP) is 4.82. The third kappa shape index (κ3) is 3.23. The number of benzene rings is 1. The second kappa shape index (κ2) is 6.82. The quantitative estimate of drug-likeness (QED) is 0.520. The van der Waals surface area contributed by atoms with Gasteiger partial charge in [-0.3, -0.25) is 9.38 Å². The number of fused-ring (bicyclic) bond motifs is 1. The van der Waals surface area contributed by atoms with E-state index in [4.69, 9.17) is 16.6 Å². The molecule has 1 aromatic carbocycles. The van der Waals surface area contributed by atoms with Gasteiger partial charge in [0, 0.05) is 40.2 Å². The molecular formula is C18H13BrClN5. The van der Waals surface area contributed by atoms with E-state index < -0.39 is 0 Å². The summed E-state index contributed by atoms with van der Waals surface area (Å²) in [5.74, 6) is 0.858. The zero-order valence-electron chi connectivity index (χ0n) is 13.0. The van der Waals surface area contributed by atoms with Gasteiger partial charge in [0.25, 0.3) is 0 Å². The second-order valence-electron chi connectivity index (χ2n) is 5.46. The van der Waals surface area contributed by atoms with Crippen molar-refractivity contribution in [2.45, 2.75) is 6.54 Å². The molecule has 0 aliphatic carbocycles. The molecule has 25 heavy (non-hydrogen) atoms. The Morgan fingerprint density at radius 1 is 1.12 bits per heavy atom. The van der Waals surface area contributed by atoms with Crippen molar-refractivity contribution < 1.29 is 0 Å². The molecule has 0 atom stereocenters. The molecule has 4 rings (SSSR count). The Labute approximate surface area is 157 Å². The van der Waals surface area contributed by atoms with Crippen LogP contribution in [0.25, 0.3) is 16.9 Å². The standard InChI is InChI=1S/C18H13BrClN5/c19-15-4-6-21-10-14(15)17-18(25-11-22-7-5-16(25)24-17)23-9-12-2-1-3-13(20)8-12/h1-8,10-11,23H,9H2. The third-order valence-electron chi connectivity index (χ3n) is 3.80. The molecule has 3 aromatic heterocycles. The van der Waals surface area contributed by atoms with Gasteiger partial charge in [0.1, 0.15) is 23.5 Å². The Morgan fingerprint density at radius 3 is 2.84 bits per heavy atom. The Kier molecular flexibility index (Phi) is 4.38. The van der Waals surface area contributed by atoms with Crippen LogP contribution in [0.5, 0.6) is 0 Å². The molecule has 4 aromatic rings. The van der Waals surface area contributed by atoms with E-state index >= 15 is 0 Å². The van der Waals surface area contributed by atoms with Crippen molar-refractivity contribution in [3.63, 3.8) is 0 Å². The monoisotopic (exact) mass is 413 g/mol. The van der Waals surface area contributed by atoms with Gasteiger partial charge in [-0.15, -0.1) is 0 Å². The molecule has 124 valence electrons. The van der Waals surface area contributed by atoms with E-state index in [1.165, 1.54) is 0 Å². The lowest BCUT2D eigenvalue weighted by Crippen LogP contribution is -2.04. The van der Waals surface area contributed by atoms with Crippen LogP contribution in [0, 0.1) is 0 Å². The van der Waals surface area contributed by atoms with Crippen molar-refractivity contribution in [2.75, 3.05) is 5.32 Å². The summed E-state index contributed by atoms with van der Waals surface area (Å²) >= 11 is 9.66. The number of nitrogens with one attached hydrogen (secondary N) is 1. The van der Waals surface area contributed by atoms with Crippen LogP contribution in [0.15, 0.2) is 65.8 Å². The topological polar surface area (TPSA) is 55.1 Å². The van der Waals surface area contributed by atoms with Gasteiger partial charge < -0.3 is 5.32 Å². The maximum atomic E-state index is 6.08. The highest BCUT2D eigenvalue weighted by atomic mass is 79.9. The minimum atomic E-state index is 0.619. The number of halogens is 2. The first-order chi connectivity index (χ1) is 12.2. The van der Waals surface area contributed by atoms with E-state index in [2.05, 4.69) is 31.2 Å². The molecular weight excluding hydrogens is 402 g/mol. The lowest BCUT2D eigenvalue weighted by Gasteiger charge is -2.09. The molecule has 0 aliphatic rings. The van der Waals surface area contributed by atoms with Gasteiger partial charge in [0.05, 0.1) is 0 Å². The summed E-state index contributed by atoms with van der Waals surface area (Å²) in [5, 5.41) is 4.18. The van der Waals surface area contributed by atoms with Gasteiger partial charge in [0.2, 0.25) is 0 Å². The number of pyridine rings is 1. The molecule has 0 saturated carbocycles. The normalized spacial score (nSPS) is 11.0. The maximum Gasteiger partial charge on any atom is 0.141 e. The van der Waals surface area contributed by atoms with Gasteiger partial charge in [-0.25, -0.2) is 9.97 Å². The molecule has 7 heteroatoms. The molecule has 0 spiro atoms. The summed E-state index contributed by atoms with van der Waals surface area (Å²) < 4.78 is 2.86. The van der Waals surface area contributed by atoms with E-state index in [1.54, 1.807) is 24.9 Å². The Morgan fingerprint density at radius 2 is 2.00 bits per heavy atom. The smallest absolute Gasteiger partial charge is 0.141 e. The van der Waals surface area contributed by atoms with Crippen LogP contribution < -0.4 is 5.32 Å². The third-order valence-corrected chi connectivity index (χ3v) is 4.73. The van der Waals surface area contributed by atoms with E-state index in [0.717, 1.165) is 32.8 Å². The molecule has 0 bridgehead atoms. The van der Waals surface area contributed by atoms with Gasteiger partial charge in [-0.1, -0.05) is 23.7 Å². The summed E-state index contributed by atoms with van der Waals surface area (Å²) in [6.45, 7) is 0.619. The summed E-state index contributed by atoms with van der Waals surface area (Å²) in [6, 6.07) is 11.5. The van der Waals surface area contributed by atoms with E-state index in [1.807, 2.05) is 40.8 Å². The van der Waals surface area contributed by atoms with Gasteiger partial charge in [0.15, 0.2) is 0 Å².